The lowest BCUT2D eigenvalue weighted by Crippen LogP contribution is -2.30. The molecule has 0 saturated carbocycles. The first-order chi connectivity index (χ1) is 8.11. The Morgan fingerprint density at radius 1 is 1.47 bits per heavy atom. The number of carbonyl (C=O) groups is 1. The van der Waals surface area contributed by atoms with Gasteiger partial charge in [0.1, 0.15) is 0 Å². The van der Waals surface area contributed by atoms with E-state index in [-0.39, 0.29) is 18.4 Å². The minimum absolute atomic E-state index is 0.00165. The number of thioether (sulfide) groups is 1. The number of hydrogen-bond acceptors (Lipinski definition) is 3. The van der Waals surface area contributed by atoms with E-state index >= 15 is 0 Å². The average Bonchev–Trinajstić information content (AvgIpc) is 2.35. The fourth-order valence-corrected chi connectivity index (χ4v) is 2.08. The van der Waals surface area contributed by atoms with Crippen molar-refractivity contribution in [3.05, 3.63) is 28.7 Å². The molecule has 94 valence electrons. The van der Waals surface area contributed by atoms with Crippen molar-refractivity contribution in [1.29, 1.82) is 0 Å². The van der Waals surface area contributed by atoms with E-state index in [1.54, 1.807) is 0 Å². The van der Waals surface area contributed by atoms with Crippen LogP contribution in [0.1, 0.15) is 6.92 Å². The molecular weight excluding hydrogens is 302 g/mol. The molecule has 1 amide bonds. The van der Waals surface area contributed by atoms with Crippen LogP contribution in [0.25, 0.3) is 0 Å². The number of aliphatic hydroxyl groups is 1. The molecule has 17 heavy (non-hydrogen) atoms. The van der Waals surface area contributed by atoms with Gasteiger partial charge in [-0.15, -0.1) is 11.8 Å². The lowest BCUT2D eigenvalue weighted by atomic mass is 10.2. The van der Waals surface area contributed by atoms with Crippen molar-refractivity contribution in [2.45, 2.75) is 11.8 Å². The Labute approximate surface area is 114 Å². The molecular formula is C12H16BrNO2S. The van der Waals surface area contributed by atoms with Crippen molar-refractivity contribution >= 4 is 33.6 Å². The molecule has 0 aliphatic rings. The van der Waals surface area contributed by atoms with Gasteiger partial charge in [0.2, 0.25) is 5.91 Å². The highest BCUT2D eigenvalue weighted by Crippen LogP contribution is 2.20. The zero-order valence-corrected chi connectivity index (χ0v) is 12.1. The average molecular weight is 318 g/mol. The molecule has 0 aliphatic heterocycles. The van der Waals surface area contributed by atoms with Crippen LogP contribution in [0.2, 0.25) is 0 Å². The topological polar surface area (TPSA) is 49.3 Å². The van der Waals surface area contributed by atoms with E-state index in [2.05, 4.69) is 21.2 Å². The quantitative estimate of drug-likeness (QED) is 0.791. The molecule has 0 aliphatic carbocycles. The van der Waals surface area contributed by atoms with Crippen molar-refractivity contribution in [1.82, 2.24) is 5.32 Å². The van der Waals surface area contributed by atoms with Crippen LogP contribution >= 0.6 is 27.7 Å². The summed E-state index contributed by atoms with van der Waals surface area (Å²) >= 11 is 4.86. The summed E-state index contributed by atoms with van der Waals surface area (Å²) in [4.78, 5) is 12.5. The lowest BCUT2D eigenvalue weighted by Gasteiger charge is -2.09. The van der Waals surface area contributed by atoms with Crippen LogP contribution in [0.4, 0.5) is 0 Å². The molecule has 0 saturated heterocycles. The van der Waals surface area contributed by atoms with Crippen molar-refractivity contribution in [3.8, 4) is 0 Å². The molecule has 0 spiro atoms. The number of hydrogen-bond donors (Lipinski definition) is 2. The third kappa shape index (κ3) is 6.10. The summed E-state index contributed by atoms with van der Waals surface area (Å²) in [6.07, 6.45) is 0. The maximum atomic E-state index is 11.5. The lowest BCUT2D eigenvalue weighted by molar-refractivity contribution is -0.118. The van der Waals surface area contributed by atoms with Gasteiger partial charge in [-0.25, -0.2) is 0 Å². The number of halogens is 1. The van der Waals surface area contributed by atoms with Crippen molar-refractivity contribution in [2.75, 3.05) is 18.9 Å². The monoisotopic (exact) mass is 317 g/mol. The first-order valence-electron chi connectivity index (χ1n) is 5.37. The summed E-state index contributed by atoms with van der Waals surface area (Å²) in [5, 5.41) is 11.6. The Hall–Kier alpha value is -0.520. The summed E-state index contributed by atoms with van der Waals surface area (Å²) in [6.45, 7) is 2.51. The Kier molecular flexibility index (Phi) is 6.62. The highest BCUT2D eigenvalue weighted by Gasteiger charge is 2.05. The predicted octanol–water partition coefficient (Wildman–Crippen LogP) is 2.29. The normalized spacial score (nSPS) is 12.2. The molecule has 1 unspecified atom stereocenters. The van der Waals surface area contributed by atoms with Gasteiger partial charge in [-0.2, -0.15) is 0 Å². The molecule has 3 nitrogen and oxygen atoms in total. The van der Waals surface area contributed by atoms with Crippen molar-refractivity contribution < 1.29 is 9.90 Å². The fraction of sp³-hybridized carbons (Fsp3) is 0.417. The fourth-order valence-electron chi connectivity index (χ4n) is 1.08. The summed E-state index contributed by atoms with van der Waals surface area (Å²) in [5.41, 5.74) is 0. The van der Waals surface area contributed by atoms with Crippen LogP contribution < -0.4 is 5.32 Å². The smallest absolute Gasteiger partial charge is 0.230 e. The number of carbonyl (C=O) groups excluding carboxylic acids is 1. The van der Waals surface area contributed by atoms with E-state index in [9.17, 15) is 4.79 Å². The molecule has 1 rings (SSSR count). The summed E-state index contributed by atoms with van der Waals surface area (Å²) in [5.74, 6) is 0.509. The SMILES string of the molecule is CC(CO)CNC(=O)CSc1ccc(Br)cc1. The highest BCUT2D eigenvalue weighted by atomic mass is 79.9. The maximum Gasteiger partial charge on any atom is 0.230 e. The van der Waals surface area contributed by atoms with E-state index in [0.29, 0.717) is 12.3 Å². The second-order valence-corrected chi connectivity index (χ2v) is 5.80. The molecule has 0 fully saturated rings. The van der Waals surface area contributed by atoms with Gasteiger partial charge in [-0.05, 0) is 30.2 Å². The summed E-state index contributed by atoms with van der Waals surface area (Å²) in [7, 11) is 0. The number of benzene rings is 1. The molecule has 1 aromatic rings. The van der Waals surface area contributed by atoms with Gasteiger partial charge in [-0.3, -0.25) is 4.79 Å². The number of amides is 1. The molecule has 0 radical (unpaired) electrons. The van der Waals surface area contributed by atoms with Gasteiger partial charge < -0.3 is 10.4 Å². The van der Waals surface area contributed by atoms with Crippen molar-refractivity contribution in [3.63, 3.8) is 0 Å². The van der Waals surface area contributed by atoms with Gasteiger partial charge in [0, 0.05) is 22.5 Å². The van der Waals surface area contributed by atoms with Gasteiger partial charge in [-0.1, -0.05) is 22.9 Å². The standard InChI is InChI=1S/C12H16BrNO2S/c1-9(7-15)6-14-12(16)8-17-11-4-2-10(13)3-5-11/h2-5,9,15H,6-8H2,1H3,(H,14,16). The van der Waals surface area contributed by atoms with E-state index in [0.717, 1.165) is 9.37 Å². The first-order valence-corrected chi connectivity index (χ1v) is 7.15. The summed E-state index contributed by atoms with van der Waals surface area (Å²) < 4.78 is 1.03. The minimum Gasteiger partial charge on any atom is -0.396 e. The predicted molar refractivity (Wildman–Crippen MR) is 74.1 cm³/mol. The summed E-state index contributed by atoms with van der Waals surface area (Å²) in [6, 6.07) is 7.85. The van der Waals surface area contributed by atoms with Gasteiger partial charge in [0.15, 0.2) is 0 Å². The Balaban J connectivity index is 2.26. The van der Waals surface area contributed by atoms with Crippen LogP contribution in [0.3, 0.4) is 0 Å². The van der Waals surface area contributed by atoms with Gasteiger partial charge in [0.05, 0.1) is 5.75 Å². The van der Waals surface area contributed by atoms with Crippen LogP contribution in [0.15, 0.2) is 33.6 Å². The van der Waals surface area contributed by atoms with Crippen LogP contribution in [0.5, 0.6) is 0 Å². The first kappa shape index (κ1) is 14.5. The third-order valence-electron chi connectivity index (χ3n) is 2.14. The molecule has 0 heterocycles. The molecule has 0 bridgehead atoms. The molecule has 5 heteroatoms. The molecule has 0 aromatic heterocycles. The second-order valence-electron chi connectivity index (χ2n) is 3.83. The maximum absolute atomic E-state index is 11.5. The second kappa shape index (κ2) is 7.74. The number of nitrogens with one attached hydrogen (secondary N) is 1. The zero-order valence-electron chi connectivity index (χ0n) is 9.65. The molecule has 2 N–H and O–H groups in total. The number of rotatable bonds is 6. The van der Waals surface area contributed by atoms with Gasteiger partial charge in [0.25, 0.3) is 0 Å². The Morgan fingerprint density at radius 2 is 2.12 bits per heavy atom. The van der Waals surface area contributed by atoms with E-state index in [1.807, 2.05) is 31.2 Å². The minimum atomic E-state index is -0.00165. The van der Waals surface area contributed by atoms with Gasteiger partial charge >= 0.3 is 0 Å². The van der Waals surface area contributed by atoms with E-state index < -0.39 is 0 Å². The molecule has 1 aromatic carbocycles. The molecule has 1 atom stereocenters. The van der Waals surface area contributed by atoms with E-state index in [4.69, 9.17) is 5.11 Å². The highest BCUT2D eigenvalue weighted by molar-refractivity contribution is 9.10. The Morgan fingerprint density at radius 3 is 2.71 bits per heavy atom. The largest absolute Gasteiger partial charge is 0.396 e. The number of aliphatic hydroxyl groups excluding tert-OH is 1. The van der Waals surface area contributed by atoms with Crippen LogP contribution in [0, 0.1) is 5.92 Å². The zero-order chi connectivity index (χ0) is 12.7. The van der Waals surface area contributed by atoms with Crippen LogP contribution in [-0.4, -0.2) is 29.9 Å². The Bertz CT molecular complexity index is 356. The van der Waals surface area contributed by atoms with Crippen LogP contribution in [-0.2, 0) is 4.79 Å². The van der Waals surface area contributed by atoms with E-state index in [1.165, 1.54) is 11.8 Å². The third-order valence-corrected chi connectivity index (χ3v) is 3.68. The van der Waals surface area contributed by atoms with Crippen molar-refractivity contribution in [2.24, 2.45) is 5.92 Å².